The quantitative estimate of drug-likeness (QED) is 0.818. The van der Waals surface area contributed by atoms with Crippen molar-refractivity contribution in [3.8, 4) is 0 Å². The second kappa shape index (κ2) is 6.74. The van der Waals surface area contributed by atoms with E-state index in [4.69, 9.17) is 11.6 Å². The van der Waals surface area contributed by atoms with E-state index in [1.54, 1.807) is 36.4 Å². The Bertz CT molecular complexity index is 694. The molecule has 0 saturated carbocycles. The molecular formula is C17H15ClO2S. The minimum Gasteiger partial charge on any atom is -0.220 e. The zero-order chi connectivity index (χ0) is 15.3. The summed E-state index contributed by atoms with van der Waals surface area (Å²) in [5.41, 5.74) is 2.77. The predicted octanol–water partition coefficient (Wildman–Crippen LogP) is 4.70. The van der Waals surface area contributed by atoms with Gasteiger partial charge in [0.2, 0.25) is 0 Å². The molecule has 0 spiro atoms. The first kappa shape index (κ1) is 15.5. The zero-order valence-electron chi connectivity index (χ0n) is 11.5. The third kappa shape index (κ3) is 5.21. The topological polar surface area (TPSA) is 34.1 Å². The molecule has 0 heterocycles. The average Bonchev–Trinajstić information content (AvgIpc) is 2.46. The first-order valence-electron chi connectivity index (χ1n) is 6.38. The molecular weight excluding hydrogens is 304 g/mol. The highest BCUT2D eigenvalue weighted by Crippen LogP contribution is 2.12. The molecule has 0 aliphatic rings. The minimum absolute atomic E-state index is 0.620. The lowest BCUT2D eigenvalue weighted by molar-refractivity contribution is 0.613. The second-order valence-corrected chi connectivity index (χ2v) is 6.82. The molecule has 0 fully saturated rings. The molecule has 0 aliphatic carbocycles. The van der Waals surface area contributed by atoms with Crippen LogP contribution in [0.15, 0.2) is 59.3 Å². The molecule has 2 rings (SSSR count). The summed E-state index contributed by atoms with van der Waals surface area (Å²) >= 11 is 5.78. The maximum absolute atomic E-state index is 11.9. The van der Waals surface area contributed by atoms with Gasteiger partial charge in [-0.1, -0.05) is 53.6 Å². The van der Waals surface area contributed by atoms with Gasteiger partial charge in [0.1, 0.15) is 0 Å². The normalized spacial score (nSPS) is 12.3. The largest absolute Gasteiger partial charge is 0.220 e. The summed E-state index contributed by atoms with van der Waals surface area (Å²) in [6.07, 6.45) is 3.13. The van der Waals surface area contributed by atoms with Crippen molar-refractivity contribution in [3.63, 3.8) is 0 Å². The van der Waals surface area contributed by atoms with Gasteiger partial charge in [-0.05, 0) is 42.3 Å². The number of hydrogen-bond donors (Lipinski definition) is 0. The van der Waals surface area contributed by atoms with Crippen molar-refractivity contribution < 1.29 is 8.42 Å². The lowest BCUT2D eigenvalue weighted by Crippen LogP contribution is -1.88. The third-order valence-electron chi connectivity index (χ3n) is 2.85. The van der Waals surface area contributed by atoms with Crippen molar-refractivity contribution in [2.75, 3.05) is 0 Å². The summed E-state index contributed by atoms with van der Waals surface area (Å²) in [6, 6.07) is 14.6. The van der Waals surface area contributed by atoms with E-state index in [0.29, 0.717) is 5.02 Å². The Hall–Kier alpha value is -1.84. The zero-order valence-corrected chi connectivity index (χ0v) is 13.1. The maximum atomic E-state index is 11.9. The van der Waals surface area contributed by atoms with Crippen LogP contribution >= 0.6 is 11.6 Å². The van der Waals surface area contributed by atoms with Gasteiger partial charge in [-0.2, -0.15) is 0 Å². The number of hydrogen-bond acceptors (Lipinski definition) is 2. The summed E-state index contributed by atoms with van der Waals surface area (Å²) in [5, 5.41) is 3.00. The molecule has 108 valence electrons. The van der Waals surface area contributed by atoms with Crippen LogP contribution in [-0.2, 0) is 9.84 Å². The van der Waals surface area contributed by atoms with Gasteiger partial charge in [0.05, 0.1) is 0 Å². The van der Waals surface area contributed by atoms with Crippen LogP contribution in [0.1, 0.15) is 16.7 Å². The number of sulfone groups is 1. The summed E-state index contributed by atoms with van der Waals surface area (Å²) < 4.78 is 23.8. The van der Waals surface area contributed by atoms with Gasteiger partial charge in [-0.25, -0.2) is 8.42 Å². The van der Waals surface area contributed by atoms with E-state index < -0.39 is 9.84 Å². The number of halogens is 1. The molecule has 0 bridgehead atoms. The van der Waals surface area contributed by atoms with Gasteiger partial charge in [0.15, 0.2) is 9.84 Å². The van der Waals surface area contributed by atoms with E-state index in [0.717, 1.165) is 16.7 Å². The SMILES string of the molecule is Cc1ccc(/C=C/S(=O)(=O)/C=C/c2ccc(Cl)cc2)cc1. The van der Waals surface area contributed by atoms with Crippen molar-refractivity contribution >= 4 is 33.6 Å². The minimum atomic E-state index is -3.39. The Balaban J connectivity index is 2.11. The summed E-state index contributed by atoms with van der Waals surface area (Å²) in [4.78, 5) is 0. The van der Waals surface area contributed by atoms with E-state index >= 15 is 0 Å². The standard InChI is InChI=1S/C17H15ClO2S/c1-14-2-4-15(5-3-14)10-12-21(19,20)13-11-16-6-8-17(18)9-7-16/h2-13H,1H3/b12-10+,13-11+. The van der Waals surface area contributed by atoms with Crippen LogP contribution in [0.2, 0.25) is 5.02 Å². The molecule has 4 heteroatoms. The van der Waals surface area contributed by atoms with E-state index in [2.05, 4.69) is 0 Å². The van der Waals surface area contributed by atoms with Crippen LogP contribution in [0.4, 0.5) is 0 Å². The summed E-state index contributed by atoms with van der Waals surface area (Å²) in [7, 11) is -3.39. The molecule has 0 saturated heterocycles. The molecule has 0 unspecified atom stereocenters. The lowest BCUT2D eigenvalue weighted by atomic mass is 10.2. The molecule has 0 atom stereocenters. The molecule has 0 amide bonds. The monoisotopic (exact) mass is 318 g/mol. The van der Waals surface area contributed by atoms with Crippen LogP contribution in [0.5, 0.6) is 0 Å². The highest BCUT2D eigenvalue weighted by atomic mass is 35.5. The van der Waals surface area contributed by atoms with Crippen LogP contribution in [0.3, 0.4) is 0 Å². The van der Waals surface area contributed by atoms with E-state index in [1.165, 1.54) is 10.8 Å². The Morgan fingerprint density at radius 1 is 0.810 bits per heavy atom. The van der Waals surface area contributed by atoms with Crippen molar-refractivity contribution in [2.45, 2.75) is 6.92 Å². The number of benzene rings is 2. The molecule has 0 aliphatic heterocycles. The highest BCUT2D eigenvalue weighted by Gasteiger charge is 1.99. The smallest absolute Gasteiger partial charge is 0.193 e. The fraction of sp³-hybridized carbons (Fsp3) is 0.0588. The Morgan fingerprint density at radius 2 is 1.24 bits per heavy atom. The van der Waals surface area contributed by atoms with Crippen molar-refractivity contribution in [3.05, 3.63) is 81.1 Å². The fourth-order valence-electron chi connectivity index (χ4n) is 1.64. The molecule has 2 aromatic carbocycles. The highest BCUT2D eigenvalue weighted by molar-refractivity contribution is 7.97. The van der Waals surface area contributed by atoms with Crippen molar-refractivity contribution in [1.29, 1.82) is 0 Å². The van der Waals surface area contributed by atoms with Gasteiger partial charge in [-0.3, -0.25) is 0 Å². The molecule has 0 N–H and O–H groups in total. The lowest BCUT2D eigenvalue weighted by Gasteiger charge is -1.95. The van der Waals surface area contributed by atoms with Gasteiger partial charge in [0, 0.05) is 15.8 Å². The van der Waals surface area contributed by atoms with Crippen molar-refractivity contribution in [1.82, 2.24) is 0 Å². The molecule has 0 aromatic heterocycles. The van der Waals surface area contributed by atoms with Crippen molar-refractivity contribution in [2.24, 2.45) is 0 Å². The predicted molar refractivity (Wildman–Crippen MR) is 89.6 cm³/mol. The molecule has 21 heavy (non-hydrogen) atoms. The number of aryl methyl sites for hydroxylation is 1. The Kier molecular flexibility index (Phi) is 4.99. The first-order chi connectivity index (χ1) is 9.94. The van der Waals surface area contributed by atoms with Crippen LogP contribution in [0, 0.1) is 6.92 Å². The second-order valence-electron chi connectivity index (χ2n) is 4.66. The summed E-state index contributed by atoms with van der Waals surface area (Å²) in [5.74, 6) is 0. The van der Waals surface area contributed by atoms with Crippen LogP contribution < -0.4 is 0 Å². The number of rotatable bonds is 4. The molecule has 0 radical (unpaired) electrons. The van der Waals surface area contributed by atoms with Gasteiger partial charge < -0.3 is 0 Å². The van der Waals surface area contributed by atoms with Crippen LogP contribution in [-0.4, -0.2) is 8.42 Å². The van der Waals surface area contributed by atoms with Gasteiger partial charge in [-0.15, -0.1) is 0 Å². The third-order valence-corrected chi connectivity index (χ3v) is 4.13. The van der Waals surface area contributed by atoms with Crippen LogP contribution in [0.25, 0.3) is 12.2 Å². The van der Waals surface area contributed by atoms with E-state index in [-0.39, 0.29) is 0 Å². The Labute approximate surface area is 130 Å². The van der Waals surface area contributed by atoms with Gasteiger partial charge >= 0.3 is 0 Å². The molecule has 2 nitrogen and oxygen atoms in total. The summed E-state index contributed by atoms with van der Waals surface area (Å²) in [6.45, 7) is 1.99. The average molecular weight is 319 g/mol. The van der Waals surface area contributed by atoms with Gasteiger partial charge in [0.25, 0.3) is 0 Å². The fourth-order valence-corrected chi connectivity index (χ4v) is 2.55. The van der Waals surface area contributed by atoms with E-state index in [1.807, 2.05) is 31.2 Å². The maximum Gasteiger partial charge on any atom is 0.193 e. The first-order valence-corrected chi connectivity index (χ1v) is 8.37. The Morgan fingerprint density at radius 3 is 1.71 bits per heavy atom. The molecule has 2 aromatic rings. The van der Waals surface area contributed by atoms with E-state index in [9.17, 15) is 8.42 Å².